The Morgan fingerprint density at radius 3 is 1.97 bits per heavy atom. The van der Waals surface area contributed by atoms with E-state index in [-0.39, 0.29) is 17.3 Å². The zero-order valence-corrected chi connectivity index (χ0v) is 34.9. The molecule has 0 saturated heterocycles. The maximum Gasteiger partial charge on any atom is 0.136 e. The van der Waals surface area contributed by atoms with Crippen molar-refractivity contribution in [2.75, 3.05) is 4.90 Å². The lowest BCUT2D eigenvalue weighted by Gasteiger charge is -2.36. The van der Waals surface area contributed by atoms with Crippen molar-refractivity contribution in [3.05, 3.63) is 253 Å². The van der Waals surface area contributed by atoms with Gasteiger partial charge >= 0.3 is 0 Å². The molecule has 3 unspecified atom stereocenters. The number of hydrogen-bond donors (Lipinski definition) is 0. The number of hydrogen-bond acceptors (Lipinski definition) is 2. The van der Waals surface area contributed by atoms with Gasteiger partial charge in [-0.1, -0.05) is 176 Å². The van der Waals surface area contributed by atoms with Crippen LogP contribution in [0.25, 0.3) is 71.7 Å². The van der Waals surface area contributed by atoms with E-state index in [0.717, 1.165) is 61.3 Å². The van der Waals surface area contributed by atoms with E-state index < -0.39 is 0 Å². The summed E-state index contributed by atoms with van der Waals surface area (Å²) >= 11 is 0. The summed E-state index contributed by atoms with van der Waals surface area (Å²) in [5.74, 6) is 0.511. The second-order valence-corrected chi connectivity index (χ2v) is 17.5. The van der Waals surface area contributed by atoms with E-state index in [0.29, 0.717) is 0 Å². The van der Waals surface area contributed by atoms with Gasteiger partial charge in [0, 0.05) is 50.2 Å². The molecule has 2 heterocycles. The molecule has 0 N–H and O–H groups in total. The molecule has 0 saturated carbocycles. The van der Waals surface area contributed by atoms with Gasteiger partial charge in [-0.3, -0.25) is 0 Å². The molecule has 14 rings (SSSR count). The molecule has 1 spiro atoms. The first-order chi connectivity index (χ1) is 31.8. The standard InChI is InChI=1S/C61H40N2O/c1-2-19-39(20-3-1)62-52-33-14-8-25-45(52)60-54(62)35-18-36-55(60)63(51-32-13-7-23-42(51)43-27-16-38-57-58(43)46-26-9-15-37-56(46)64-57)53-34-17-31-50-59(53)44-24-6-12-30-49(44)61(50)47-28-10-4-21-40(47)41-22-5-11-29-48(41)61/h1-38,40,47H. The number of benzene rings is 9. The Hall–Kier alpha value is -8.14. The first-order valence-electron chi connectivity index (χ1n) is 22.4. The van der Waals surface area contributed by atoms with Gasteiger partial charge in [-0.2, -0.15) is 0 Å². The van der Waals surface area contributed by atoms with Crippen LogP contribution in [0.4, 0.5) is 17.1 Å². The lowest BCUT2D eigenvalue weighted by molar-refractivity contribution is 0.465. The highest BCUT2D eigenvalue weighted by Crippen LogP contribution is 2.67. The van der Waals surface area contributed by atoms with Crippen molar-refractivity contribution in [2.45, 2.75) is 11.3 Å². The quantitative estimate of drug-likeness (QED) is 0.173. The number of fused-ring (bicyclic) bond motifs is 16. The molecule has 9 aromatic carbocycles. The molecule has 0 amide bonds. The maximum atomic E-state index is 6.53. The molecule has 64 heavy (non-hydrogen) atoms. The third-order valence-electron chi connectivity index (χ3n) is 14.5. The topological polar surface area (TPSA) is 21.3 Å². The molecule has 0 bridgehead atoms. The molecule has 3 atom stereocenters. The summed E-state index contributed by atoms with van der Waals surface area (Å²) in [6.07, 6.45) is 9.41. The van der Waals surface area contributed by atoms with Crippen LogP contribution in [-0.2, 0) is 5.41 Å². The van der Waals surface area contributed by atoms with Gasteiger partial charge in [-0.05, 0) is 88.0 Å². The Balaban J connectivity index is 1.12. The molecule has 0 fully saturated rings. The first kappa shape index (κ1) is 35.5. The van der Waals surface area contributed by atoms with Gasteiger partial charge in [-0.15, -0.1) is 0 Å². The number of rotatable bonds is 5. The normalized spacial score (nSPS) is 17.9. The highest BCUT2D eigenvalue weighted by molar-refractivity contribution is 6.19. The van der Waals surface area contributed by atoms with Crippen molar-refractivity contribution in [2.24, 2.45) is 5.92 Å². The lowest BCUT2D eigenvalue weighted by Crippen LogP contribution is -2.33. The Morgan fingerprint density at radius 2 is 1.05 bits per heavy atom. The molecule has 300 valence electrons. The number of furan rings is 1. The highest BCUT2D eigenvalue weighted by Gasteiger charge is 2.57. The Labute approximate surface area is 371 Å². The molecule has 3 heteroatoms. The second-order valence-electron chi connectivity index (χ2n) is 17.5. The van der Waals surface area contributed by atoms with Crippen LogP contribution in [0.3, 0.4) is 0 Å². The second kappa shape index (κ2) is 13.4. The molecule has 3 nitrogen and oxygen atoms in total. The zero-order valence-electron chi connectivity index (χ0n) is 34.9. The zero-order chi connectivity index (χ0) is 41.9. The van der Waals surface area contributed by atoms with Gasteiger partial charge < -0.3 is 13.9 Å². The van der Waals surface area contributed by atoms with E-state index >= 15 is 0 Å². The third kappa shape index (κ3) is 4.65. The van der Waals surface area contributed by atoms with Crippen LogP contribution >= 0.6 is 0 Å². The summed E-state index contributed by atoms with van der Waals surface area (Å²) in [5.41, 5.74) is 18.6. The SMILES string of the molecule is C1=CC2c3ccccc3C3(c4ccccc4-c4c(N(c5ccccc5-c5cccc6oc7ccccc7c56)c5cccc6c5c5ccccc5n6-c5ccccc5)cccc43)C2C=C1. The Bertz CT molecular complexity index is 3770. The van der Waals surface area contributed by atoms with Crippen LogP contribution in [0, 0.1) is 5.92 Å². The summed E-state index contributed by atoms with van der Waals surface area (Å²) in [4.78, 5) is 2.59. The minimum Gasteiger partial charge on any atom is -0.456 e. The first-order valence-corrected chi connectivity index (χ1v) is 22.4. The summed E-state index contributed by atoms with van der Waals surface area (Å²) in [7, 11) is 0. The van der Waals surface area contributed by atoms with Crippen molar-refractivity contribution in [1.82, 2.24) is 4.57 Å². The summed E-state index contributed by atoms with van der Waals surface area (Å²) in [6, 6.07) is 76.0. The van der Waals surface area contributed by atoms with Crippen molar-refractivity contribution in [3.63, 3.8) is 0 Å². The van der Waals surface area contributed by atoms with Gasteiger partial charge in [0.2, 0.25) is 0 Å². The minimum atomic E-state index is -0.369. The van der Waals surface area contributed by atoms with E-state index in [4.69, 9.17) is 4.42 Å². The molecule has 3 aliphatic rings. The summed E-state index contributed by atoms with van der Waals surface area (Å²) in [5, 5.41) is 4.65. The smallest absolute Gasteiger partial charge is 0.136 e. The van der Waals surface area contributed by atoms with E-state index in [2.05, 4.69) is 240 Å². The van der Waals surface area contributed by atoms with Gasteiger partial charge in [0.05, 0.1) is 33.5 Å². The number of allylic oxidation sites excluding steroid dienone is 4. The van der Waals surface area contributed by atoms with E-state index in [1.54, 1.807) is 0 Å². The Morgan fingerprint density at radius 1 is 0.422 bits per heavy atom. The van der Waals surface area contributed by atoms with Gasteiger partial charge in [0.1, 0.15) is 11.2 Å². The van der Waals surface area contributed by atoms with Crippen LogP contribution in [0.2, 0.25) is 0 Å². The molecular formula is C61H40N2O. The van der Waals surface area contributed by atoms with Crippen molar-refractivity contribution < 1.29 is 4.42 Å². The van der Waals surface area contributed by atoms with Crippen LogP contribution in [0.1, 0.15) is 28.2 Å². The molecule has 2 aromatic heterocycles. The average molecular weight is 817 g/mol. The monoisotopic (exact) mass is 816 g/mol. The van der Waals surface area contributed by atoms with Gasteiger partial charge in [0.25, 0.3) is 0 Å². The van der Waals surface area contributed by atoms with Crippen molar-refractivity contribution in [3.8, 4) is 27.9 Å². The van der Waals surface area contributed by atoms with Crippen LogP contribution in [0.5, 0.6) is 0 Å². The molecule has 0 aliphatic heterocycles. The fourth-order valence-electron chi connectivity index (χ4n) is 12.1. The predicted molar refractivity (Wildman–Crippen MR) is 264 cm³/mol. The summed E-state index contributed by atoms with van der Waals surface area (Å²) < 4.78 is 8.96. The molecule has 11 aromatic rings. The average Bonchev–Trinajstić information content (AvgIpc) is 4.09. The van der Waals surface area contributed by atoms with Crippen molar-refractivity contribution >= 4 is 60.8 Å². The molecular weight excluding hydrogens is 777 g/mol. The predicted octanol–water partition coefficient (Wildman–Crippen LogP) is 16.0. The minimum absolute atomic E-state index is 0.229. The number of aromatic nitrogens is 1. The number of anilines is 3. The van der Waals surface area contributed by atoms with Crippen LogP contribution in [-0.4, -0.2) is 4.57 Å². The van der Waals surface area contributed by atoms with Crippen LogP contribution < -0.4 is 4.90 Å². The lowest BCUT2D eigenvalue weighted by atomic mass is 9.65. The fraction of sp³-hybridized carbons (Fsp3) is 0.0492. The van der Waals surface area contributed by atoms with E-state index in [1.807, 2.05) is 0 Å². The van der Waals surface area contributed by atoms with Crippen LogP contribution in [0.15, 0.2) is 235 Å². The third-order valence-corrected chi connectivity index (χ3v) is 14.5. The molecule has 3 aliphatic carbocycles. The number of para-hydroxylation sites is 4. The highest BCUT2D eigenvalue weighted by atomic mass is 16.3. The fourth-order valence-corrected chi connectivity index (χ4v) is 12.1. The number of nitrogens with zero attached hydrogens (tertiary/aromatic N) is 2. The largest absolute Gasteiger partial charge is 0.456 e. The van der Waals surface area contributed by atoms with Gasteiger partial charge in [-0.25, -0.2) is 0 Å². The van der Waals surface area contributed by atoms with Crippen molar-refractivity contribution in [1.29, 1.82) is 0 Å². The maximum absolute atomic E-state index is 6.53. The Kier molecular flexibility index (Phi) is 7.44. The summed E-state index contributed by atoms with van der Waals surface area (Å²) in [6.45, 7) is 0. The van der Waals surface area contributed by atoms with Gasteiger partial charge in [0.15, 0.2) is 0 Å². The van der Waals surface area contributed by atoms with E-state index in [1.165, 1.54) is 49.7 Å². The van der Waals surface area contributed by atoms with E-state index in [9.17, 15) is 0 Å². The molecule has 0 radical (unpaired) electrons.